The van der Waals surface area contributed by atoms with Crippen molar-refractivity contribution >= 4 is 27.4 Å². The van der Waals surface area contributed by atoms with Crippen LogP contribution >= 0.6 is 15.9 Å². The molecule has 19 heavy (non-hydrogen) atoms. The van der Waals surface area contributed by atoms with Crippen molar-refractivity contribution in [3.63, 3.8) is 0 Å². The van der Waals surface area contributed by atoms with Crippen LogP contribution in [0.1, 0.15) is 10.4 Å². The minimum atomic E-state index is -0.325. The number of anilines is 1. The lowest BCUT2D eigenvalue weighted by Crippen LogP contribution is -2.26. The Morgan fingerprint density at radius 3 is 2.42 bits per heavy atom. The molecule has 0 saturated carbocycles. The third-order valence-corrected chi connectivity index (χ3v) is 3.34. The number of carbonyl (C=O) groups excluding carboxylic acids is 1. The van der Waals surface area contributed by atoms with Crippen LogP contribution in [-0.4, -0.2) is 19.4 Å². The van der Waals surface area contributed by atoms with E-state index in [9.17, 15) is 9.18 Å². The number of benzene rings is 2. The van der Waals surface area contributed by atoms with Gasteiger partial charge in [0, 0.05) is 17.1 Å². The van der Waals surface area contributed by atoms with E-state index in [1.165, 1.54) is 6.07 Å². The van der Waals surface area contributed by atoms with Gasteiger partial charge in [-0.15, -0.1) is 0 Å². The Balaban J connectivity index is 2.11. The van der Waals surface area contributed by atoms with Crippen LogP contribution in [0.2, 0.25) is 0 Å². The van der Waals surface area contributed by atoms with E-state index in [1.807, 2.05) is 12.1 Å². The molecule has 0 aliphatic carbocycles. The zero-order valence-electron chi connectivity index (χ0n) is 10.4. The van der Waals surface area contributed by atoms with Crippen LogP contribution < -0.4 is 4.90 Å². The third kappa shape index (κ3) is 3.41. The van der Waals surface area contributed by atoms with E-state index >= 15 is 0 Å². The van der Waals surface area contributed by atoms with Gasteiger partial charge in [-0.05, 0) is 24.3 Å². The first-order chi connectivity index (χ1) is 9.08. The number of hydrogen-bond donors (Lipinski definition) is 0. The van der Waals surface area contributed by atoms with E-state index in [0.717, 1.165) is 4.47 Å². The molecule has 0 heterocycles. The summed E-state index contributed by atoms with van der Waals surface area (Å²) in [6.45, 7) is 0.141. The summed E-state index contributed by atoms with van der Waals surface area (Å²) in [5.74, 6) is -0.369. The summed E-state index contributed by atoms with van der Waals surface area (Å²) in [7, 11) is 1.70. The zero-order chi connectivity index (χ0) is 13.8. The van der Waals surface area contributed by atoms with Gasteiger partial charge in [-0.25, -0.2) is 4.39 Å². The largest absolute Gasteiger partial charge is 0.365 e. The maximum atomic E-state index is 13.6. The second-order valence-corrected chi connectivity index (χ2v) is 5.15. The van der Waals surface area contributed by atoms with E-state index in [4.69, 9.17) is 0 Å². The van der Waals surface area contributed by atoms with Gasteiger partial charge < -0.3 is 4.90 Å². The van der Waals surface area contributed by atoms with Crippen molar-refractivity contribution < 1.29 is 9.18 Å². The quantitative estimate of drug-likeness (QED) is 0.796. The van der Waals surface area contributed by atoms with Crippen molar-refractivity contribution in [2.45, 2.75) is 0 Å². The minimum absolute atomic E-state index is 0.0433. The van der Waals surface area contributed by atoms with Crippen LogP contribution in [0.15, 0.2) is 53.0 Å². The summed E-state index contributed by atoms with van der Waals surface area (Å²) in [5, 5.41) is 0. The van der Waals surface area contributed by atoms with Crippen LogP contribution in [-0.2, 0) is 0 Å². The average molecular weight is 322 g/mol. The Bertz CT molecular complexity index is 583. The van der Waals surface area contributed by atoms with Crippen molar-refractivity contribution in [2.24, 2.45) is 0 Å². The molecule has 0 spiro atoms. The molecule has 0 aromatic heterocycles. The second kappa shape index (κ2) is 5.97. The normalized spacial score (nSPS) is 10.3. The highest BCUT2D eigenvalue weighted by Gasteiger charge is 2.12. The molecule has 0 atom stereocenters. The molecule has 0 saturated heterocycles. The molecule has 0 amide bonds. The molecule has 2 aromatic carbocycles. The number of halogens is 2. The number of hydrogen-bond acceptors (Lipinski definition) is 2. The average Bonchev–Trinajstić information content (AvgIpc) is 2.39. The highest BCUT2D eigenvalue weighted by atomic mass is 79.9. The van der Waals surface area contributed by atoms with Crippen molar-refractivity contribution in [3.8, 4) is 0 Å². The fraction of sp³-hybridized carbons (Fsp3) is 0.133. The SMILES string of the molecule is CN(CC(=O)c1ccc(Br)cc1)c1ccccc1F. The molecule has 0 aliphatic rings. The smallest absolute Gasteiger partial charge is 0.182 e. The van der Waals surface area contributed by atoms with Crippen molar-refractivity contribution in [3.05, 3.63) is 64.4 Å². The van der Waals surface area contributed by atoms with Crippen LogP contribution in [0.3, 0.4) is 0 Å². The van der Waals surface area contributed by atoms with Crippen molar-refractivity contribution in [1.82, 2.24) is 0 Å². The van der Waals surface area contributed by atoms with Crippen LogP contribution in [0.25, 0.3) is 0 Å². The molecule has 2 nitrogen and oxygen atoms in total. The molecule has 2 rings (SSSR count). The summed E-state index contributed by atoms with van der Waals surface area (Å²) in [6.07, 6.45) is 0. The highest BCUT2D eigenvalue weighted by Crippen LogP contribution is 2.18. The molecule has 4 heteroatoms. The summed E-state index contributed by atoms with van der Waals surface area (Å²) >= 11 is 3.32. The third-order valence-electron chi connectivity index (χ3n) is 2.81. The first-order valence-corrected chi connectivity index (χ1v) is 6.61. The molecule has 0 N–H and O–H groups in total. The predicted octanol–water partition coefficient (Wildman–Crippen LogP) is 3.91. The number of para-hydroxylation sites is 1. The molecular formula is C15H13BrFNO. The van der Waals surface area contributed by atoms with Gasteiger partial charge in [0.25, 0.3) is 0 Å². The number of likely N-dealkylation sites (N-methyl/N-ethyl adjacent to an activating group) is 1. The van der Waals surface area contributed by atoms with Gasteiger partial charge in [0.05, 0.1) is 12.2 Å². The zero-order valence-corrected chi connectivity index (χ0v) is 12.0. The van der Waals surface area contributed by atoms with E-state index in [-0.39, 0.29) is 18.1 Å². The van der Waals surface area contributed by atoms with Gasteiger partial charge in [0.2, 0.25) is 0 Å². The molecule has 0 fully saturated rings. The Labute approximate surface area is 120 Å². The van der Waals surface area contributed by atoms with E-state index in [1.54, 1.807) is 42.3 Å². The Morgan fingerprint density at radius 1 is 1.16 bits per heavy atom. The highest BCUT2D eigenvalue weighted by molar-refractivity contribution is 9.10. The minimum Gasteiger partial charge on any atom is -0.365 e. The van der Waals surface area contributed by atoms with Gasteiger partial charge in [-0.2, -0.15) is 0 Å². The molecule has 0 unspecified atom stereocenters. The van der Waals surface area contributed by atoms with Crippen LogP contribution in [0, 0.1) is 5.82 Å². The summed E-state index contributed by atoms with van der Waals surface area (Å²) < 4.78 is 14.5. The lowest BCUT2D eigenvalue weighted by molar-refractivity contribution is 0.100. The Morgan fingerprint density at radius 2 is 1.79 bits per heavy atom. The lowest BCUT2D eigenvalue weighted by Gasteiger charge is -2.18. The van der Waals surface area contributed by atoms with Crippen molar-refractivity contribution in [2.75, 3.05) is 18.5 Å². The fourth-order valence-electron chi connectivity index (χ4n) is 1.79. The van der Waals surface area contributed by atoms with Crippen molar-refractivity contribution in [1.29, 1.82) is 0 Å². The van der Waals surface area contributed by atoms with Gasteiger partial charge >= 0.3 is 0 Å². The first kappa shape index (κ1) is 13.7. The van der Waals surface area contributed by atoms with Crippen LogP contribution in [0.4, 0.5) is 10.1 Å². The monoisotopic (exact) mass is 321 g/mol. The topological polar surface area (TPSA) is 20.3 Å². The standard InChI is InChI=1S/C15H13BrFNO/c1-18(14-5-3-2-4-13(14)17)10-15(19)11-6-8-12(16)9-7-11/h2-9H,10H2,1H3. The Kier molecular flexibility index (Phi) is 4.32. The van der Waals surface area contributed by atoms with Gasteiger partial charge in [-0.3, -0.25) is 4.79 Å². The van der Waals surface area contributed by atoms with E-state index in [2.05, 4.69) is 15.9 Å². The number of Topliss-reactive ketones (excluding diaryl/α,β-unsaturated/α-hetero) is 1. The molecule has 98 valence electrons. The molecule has 0 aliphatic heterocycles. The number of carbonyl (C=O) groups is 1. The molecular weight excluding hydrogens is 309 g/mol. The summed E-state index contributed by atoms with van der Waals surface area (Å²) in [6, 6.07) is 13.6. The summed E-state index contributed by atoms with van der Waals surface area (Å²) in [4.78, 5) is 13.7. The maximum Gasteiger partial charge on any atom is 0.182 e. The van der Waals surface area contributed by atoms with Crippen LogP contribution in [0.5, 0.6) is 0 Å². The Hall–Kier alpha value is -1.68. The van der Waals surface area contributed by atoms with Gasteiger partial charge in [-0.1, -0.05) is 40.2 Å². The fourth-order valence-corrected chi connectivity index (χ4v) is 2.05. The second-order valence-electron chi connectivity index (χ2n) is 4.24. The summed E-state index contributed by atoms with van der Waals surface area (Å²) in [5.41, 5.74) is 1.04. The number of nitrogens with zero attached hydrogens (tertiary/aromatic N) is 1. The first-order valence-electron chi connectivity index (χ1n) is 5.82. The number of rotatable bonds is 4. The number of ketones is 1. The molecule has 0 bridgehead atoms. The molecule has 2 aromatic rings. The predicted molar refractivity (Wildman–Crippen MR) is 78.1 cm³/mol. The van der Waals surface area contributed by atoms with Gasteiger partial charge in [0.1, 0.15) is 5.82 Å². The van der Waals surface area contributed by atoms with Gasteiger partial charge in [0.15, 0.2) is 5.78 Å². The van der Waals surface area contributed by atoms with E-state index in [0.29, 0.717) is 11.3 Å². The maximum absolute atomic E-state index is 13.6. The lowest BCUT2D eigenvalue weighted by atomic mass is 10.1. The molecule has 0 radical (unpaired) electrons. The van der Waals surface area contributed by atoms with E-state index < -0.39 is 0 Å².